The molecule has 2 aromatic rings. The molecule has 0 radical (unpaired) electrons. The van der Waals surface area contributed by atoms with Crippen LogP contribution < -0.4 is 15.4 Å². The van der Waals surface area contributed by atoms with Gasteiger partial charge in [0.1, 0.15) is 5.75 Å². The number of methoxy groups -OCH3 is 1. The lowest BCUT2D eigenvalue weighted by Crippen LogP contribution is -2.44. The molecular formula is C20H18ClN3O3. The van der Waals surface area contributed by atoms with Crippen LogP contribution in [-0.2, 0) is 11.3 Å². The number of nitrogens with one attached hydrogen (secondary N) is 2. The zero-order chi connectivity index (χ0) is 19.0. The van der Waals surface area contributed by atoms with Crippen LogP contribution >= 0.6 is 11.6 Å². The summed E-state index contributed by atoms with van der Waals surface area (Å²) < 4.78 is 5.17. The van der Waals surface area contributed by atoms with Gasteiger partial charge in [0.25, 0.3) is 5.91 Å². The maximum absolute atomic E-state index is 13.1. The van der Waals surface area contributed by atoms with Gasteiger partial charge >= 0.3 is 6.03 Å². The second kappa shape index (κ2) is 6.96. The number of hydrogen-bond acceptors (Lipinski definition) is 3. The summed E-state index contributed by atoms with van der Waals surface area (Å²) in [4.78, 5) is 26.8. The quantitative estimate of drug-likeness (QED) is 0.852. The summed E-state index contributed by atoms with van der Waals surface area (Å²) in [5.74, 6) is 0.677. The molecule has 2 heterocycles. The first-order chi connectivity index (χ1) is 13.0. The Balaban J connectivity index is 1.58. The van der Waals surface area contributed by atoms with E-state index in [2.05, 4.69) is 10.6 Å². The van der Waals surface area contributed by atoms with E-state index in [1.165, 1.54) is 0 Å². The number of benzene rings is 2. The number of amides is 3. The highest BCUT2D eigenvalue weighted by molar-refractivity contribution is 6.30. The molecule has 6 nitrogen and oxygen atoms in total. The number of rotatable bonds is 4. The second-order valence-corrected chi connectivity index (χ2v) is 6.92. The van der Waals surface area contributed by atoms with E-state index in [4.69, 9.17) is 16.3 Å². The van der Waals surface area contributed by atoms with Gasteiger partial charge in [-0.1, -0.05) is 35.9 Å². The van der Waals surface area contributed by atoms with E-state index in [1.807, 2.05) is 36.4 Å². The van der Waals surface area contributed by atoms with E-state index < -0.39 is 6.04 Å². The fourth-order valence-corrected chi connectivity index (χ4v) is 3.54. The Labute approximate surface area is 161 Å². The van der Waals surface area contributed by atoms with Crippen LogP contribution in [0.25, 0.3) is 0 Å². The minimum Gasteiger partial charge on any atom is -0.497 e. The number of carbonyl (C=O) groups is 2. The fourth-order valence-electron chi connectivity index (χ4n) is 3.41. The molecule has 27 heavy (non-hydrogen) atoms. The lowest BCUT2D eigenvalue weighted by atomic mass is 9.96. The van der Waals surface area contributed by atoms with Crippen LogP contribution in [-0.4, -0.2) is 30.5 Å². The van der Waals surface area contributed by atoms with Crippen LogP contribution in [0.15, 0.2) is 59.8 Å². The summed E-state index contributed by atoms with van der Waals surface area (Å²) in [7, 11) is 1.61. The van der Waals surface area contributed by atoms with Crippen molar-refractivity contribution in [3.8, 4) is 5.75 Å². The Morgan fingerprint density at radius 3 is 2.48 bits per heavy atom. The third-order valence-corrected chi connectivity index (χ3v) is 5.01. The Morgan fingerprint density at radius 2 is 1.81 bits per heavy atom. The van der Waals surface area contributed by atoms with Gasteiger partial charge in [-0.05, 0) is 35.4 Å². The molecule has 7 heteroatoms. The number of ether oxygens (including phenoxy) is 1. The fraction of sp³-hybridized carbons (Fsp3) is 0.200. The van der Waals surface area contributed by atoms with Crippen molar-refractivity contribution >= 4 is 23.5 Å². The molecule has 0 bridgehead atoms. The molecule has 0 aromatic heterocycles. The van der Waals surface area contributed by atoms with Gasteiger partial charge in [0.2, 0.25) is 0 Å². The van der Waals surface area contributed by atoms with Crippen LogP contribution in [0.5, 0.6) is 5.75 Å². The van der Waals surface area contributed by atoms with Crippen molar-refractivity contribution in [3.05, 3.63) is 76.0 Å². The predicted octanol–water partition coefficient (Wildman–Crippen LogP) is 3.00. The minimum absolute atomic E-state index is 0.0896. The molecule has 4 rings (SSSR count). The van der Waals surface area contributed by atoms with Crippen LogP contribution in [0.4, 0.5) is 4.79 Å². The Hall–Kier alpha value is -2.99. The highest BCUT2D eigenvalue weighted by Gasteiger charge is 2.40. The van der Waals surface area contributed by atoms with E-state index in [-0.39, 0.29) is 11.9 Å². The molecule has 2 aliphatic heterocycles. The zero-order valence-electron chi connectivity index (χ0n) is 14.7. The van der Waals surface area contributed by atoms with E-state index >= 15 is 0 Å². The maximum Gasteiger partial charge on any atom is 0.319 e. The molecule has 138 valence electrons. The lowest BCUT2D eigenvalue weighted by Gasteiger charge is -2.25. The standard InChI is InChI=1S/C20H18ClN3O3/c1-27-15-8-2-12(3-9-15)10-24-11-16-17(19(24)25)18(23-20(26)22-16)13-4-6-14(21)7-5-13/h2-9,18H,10-11H2,1H3,(H2,22,23,26)/t18-/m0/s1. The molecule has 0 fully saturated rings. The molecule has 2 N–H and O–H groups in total. The number of carbonyl (C=O) groups excluding carboxylic acids is 2. The van der Waals surface area contributed by atoms with Crippen molar-refractivity contribution in [1.82, 2.24) is 15.5 Å². The molecule has 0 unspecified atom stereocenters. The highest BCUT2D eigenvalue weighted by atomic mass is 35.5. The second-order valence-electron chi connectivity index (χ2n) is 6.48. The van der Waals surface area contributed by atoms with Crippen LogP contribution in [0, 0.1) is 0 Å². The third kappa shape index (κ3) is 3.36. The Kier molecular flexibility index (Phi) is 4.49. The van der Waals surface area contributed by atoms with Gasteiger partial charge in [-0.2, -0.15) is 0 Å². The number of urea groups is 1. The van der Waals surface area contributed by atoms with Gasteiger partial charge in [-0.3, -0.25) is 4.79 Å². The Bertz CT molecular complexity index is 922. The summed E-state index contributed by atoms with van der Waals surface area (Å²) in [6, 6.07) is 13.9. The first-order valence-electron chi connectivity index (χ1n) is 8.53. The first-order valence-corrected chi connectivity index (χ1v) is 8.91. The van der Waals surface area contributed by atoms with Gasteiger partial charge in [0.05, 0.1) is 31.0 Å². The molecule has 3 amide bonds. The van der Waals surface area contributed by atoms with E-state index in [9.17, 15) is 9.59 Å². The third-order valence-electron chi connectivity index (χ3n) is 4.76. The summed E-state index contributed by atoms with van der Waals surface area (Å²) >= 11 is 5.96. The number of nitrogens with zero attached hydrogens (tertiary/aromatic N) is 1. The van der Waals surface area contributed by atoms with Gasteiger partial charge in [0, 0.05) is 11.6 Å². The average Bonchev–Trinajstić information content (AvgIpc) is 2.97. The number of halogens is 1. The normalized spacial score (nSPS) is 18.9. The van der Waals surface area contributed by atoms with Gasteiger partial charge in [0.15, 0.2) is 0 Å². The molecule has 0 spiro atoms. The van der Waals surface area contributed by atoms with Crippen molar-refractivity contribution < 1.29 is 14.3 Å². The molecule has 1 atom stereocenters. The van der Waals surface area contributed by atoms with Crippen molar-refractivity contribution in [3.63, 3.8) is 0 Å². The molecule has 0 aliphatic carbocycles. The molecule has 2 aliphatic rings. The largest absolute Gasteiger partial charge is 0.497 e. The van der Waals surface area contributed by atoms with Gasteiger partial charge in [-0.15, -0.1) is 0 Å². The Morgan fingerprint density at radius 1 is 1.11 bits per heavy atom. The van der Waals surface area contributed by atoms with Crippen LogP contribution in [0.2, 0.25) is 5.02 Å². The smallest absolute Gasteiger partial charge is 0.319 e. The van der Waals surface area contributed by atoms with Crippen molar-refractivity contribution in [2.45, 2.75) is 12.6 Å². The molecule has 2 aromatic carbocycles. The lowest BCUT2D eigenvalue weighted by molar-refractivity contribution is -0.126. The van der Waals surface area contributed by atoms with Gasteiger partial charge in [-0.25, -0.2) is 4.79 Å². The van der Waals surface area contributed by atoms with Crippen LogP contribution in [0.1, 0.15) is 17.2 Å². The van der Waals surface area contributed by atoms with Crippen molar-refractivity contribution in [2.75, 3.05) is 13.7 Å². The number of hydrogen-bond donors (Lipinski definition) is 2. The van der Waals surface area contributed by atoms with Crippen molar-refractivity contribution in [1.29, 1.82) is 0 Å². The SMILES string of the molecule is COc1ccc(CN2CC3=C(C2=O)[C@H](c2ccc(Cl)cc2)NC(=O)N3)cc1. The van der Waals surface area contributed by atoms with Crippen LogP contribution in [0.3, 0.4) is 0 Å². The topological polar surface area (TPSA) is 70.7 Å². The maximum atomic E-state index is 13.1. The summed E-state index contributed by atoms with van der Waals surface area (Å²) in [6.45, 7) is 0.830. The van der Waals surface area contributed by atoms with Crippen molar-refractivity contribution in [2.24, 2.45) is 0 Å². The molecule has 0 saturated carbocycles. The monoisotopic (exact) mass is 383 g/mol. The summed E-state index contributed by atoms with van der Waals surface area (Å²) in [5, 5.41) is 6.22. The van der Waals surface area contributed by atoms with E-state index in [0.717, 1.165) is 16.9 Å². The predicted molar refractivity (Wildman–Crippen MR) is 101 cm³/mol. The van der Waals surface area contributed by atoms with Gasteiger partial charge < -0.3 is 20.3 Å². The molecule has 0 saturated heterocycles. The zero-order valence-corrected chi connectivity index (χ0v) is 15.4. The van der Waals surface area contributed by atoms with E-state index in [0.29, 0.717) is 29.4 Å². The van der Waals surface area contributed by atoms with E-state index in [1.54, 1.807) is 24.1 Å². The average molecular weight is 384 g/mol. The summed E-state index contributed by atoms with van der Waals surface area (Å²) in [5.41, 5.74) is 3.04. The minimum atomic E-state index is -0.487. The first kappa shape index (κ1) is 17.4. The summed E-state index contributed by atoms with van der Waals surface area (Å²) in [6.07, 6.45) is 0. The highest BCUT2D eigenvalue weighted by Crippen LogP contribution is 2.33. The molecular weight excluding hydrogens is 366 g/mol.